The molecule has 1 saturated carbocycles. The molecule has 5 nitrogen and oxygen atoms in total. The fourth-order valence-electron chi connectivity index (χ4n) is 2.65. The third-order valence-electron chi connectivity index (χ3n) is 3.61. The van der Waals surface area contributed by atoms with Crippen LogP contribution in [0.1, 0.15) is 37.1 Å². The summed E-state index contributed by atoms with van der Waals surface area (Å²) in [6.45, 7) is 3.94. The minimum Gasteiger partial charge on any atom is -0.281 e. The summed E-state index contributed by atoms with van der Waals surface area (Å²) < 4.78 is 27.3. The second-order valence-corrected chi connectivity index (χ2v) is 8.24. The Balaban J connectivity index is 2.02. The number of halogens is 1. The minimum absolute atomic E-state index is 0.290. The fourth-order valence-corrected chi connectivity index (χ4v) is 4.98. The predicted octanol–water partition coefficient (Wildman–Crippen LogP) is 2.26. The summed E-state index contributed by atoms with van der Waals surface area (Å²) >= 11 is 3.62. The summed E-state index contributed by atoms with van der Waals surface area (Å²) in [4.78, 5) is 0.812. The molecule has 108 valence electrons. The van der Waals surface area contributed by atoms with Gasteiger partial charge in [0.1, 0.15) is 4.90 Å². The second-order valence-electron chi connectivity index (χ2n) is 5.24. The van der Waals surface area contributed by atoms with Crippen LogP contribution in [0.15, 0.2) is 4.90 Å². The Bertz CT molecular complexity index is 522. The maximum atomic E-state index is 12.3. The van der Waals surface area contributed by atoms with Crippen molar-refractivity contribution >= 4 is 26.0 Å². The van der Waals surface area contributed by atoms with E-state index in [1.165, 1.54) is 6.42 Å². The van der Waals surface area contributed by atoms with Crippen molar-refractivity contribution in [3.63, 3.8) is 0 Å². The lowest BCUT2D eigenvalue weighted by Crippen LogP contribution is -2.32. The van der Waals surface area contributed by atoms with E-state index in [-0.39, 0.29) is 0 Å². The molecule has 1 heterocycles. The third-order valence-corrected chi connectivity index (χ3v) is 6.13. The summed E-state index contributed by atoms with van der Waals surface area (Å²) in [7, 11) is -3.45. The number of sulfonamides is 1. The van der Waals surface area contributed by atoms with Crippen LogP contribution in [0.3, 0.4) is 0 Å². The van der Waals surface area contributed by atoms with Gasteiger partial charge in [-0.05, 0) is 39.0 Å². The molecule has 1 aromatic rings. The van der Waals surface area contributed by atoms with Crippen molar-refractivity contribution in [2.75, 3.05) is 6.54 Å². The van der Waals surface area contributed by atoms with Gasteiger partial charge in [0.05, 0.1) is 11.4 Å². The van der Waals surface area contributed by atoms with Crippen molar-refractivity contribution < 1.29 is 8.42 Å². The number of nitrogens with one attached hydrogen (secondary N) is 2. The largest absolute Gasteiger partial charge is 0.281 e. The number of alkyl halides is 1. The molecule has 19 heavy (non-hydrogen) atoms. The van der Waals surface area contributed by atoms with E-state index >= 15 is 0 Å². The van der Waals surface area contributed by atoms with Crippen LogP contribution < -0.4 is 4.72 Å². The van der Waals surface area contributed by atoms with Gasteiger partial charge in [0.2, 0.25) is 10.0 Å². The zero-order chi connectivity index (χ0) is 14.0. The molecule has 0 saturated heterocycles. The van der Waals surface area contributed by atoms with Gasteiger partial charge in [0.15, 0.2) is 0 Å². The number of hydrogen-bond donors (Lipinski definition) is 2. The molecule has 1 aromatic heterocycles. The van der Waals surface area contributed by atoms with Crippen molar-refractivity contribution in [3.05, 3.63) is 11.4 Å². The SMILES string of the molecule is Cc1n[nH]c(C)c1S(=O)(=O)NCC1CCCC(Br)C1. The molecule has 1 aliphatic rings. The number of aromatic amines is 1. The fraction of sp³-hybridized carbons (Fsp3) is 0.750. The lowest BCUT2D eigenvalue weighted by Gasteiger charge is -2.25. The molecule has 2 unspecified atom stereocenters. The van der Waals surface area contributed by atoms with Gasteiger partial charge >= 0.3 is 0 Å². The Morgan fingerprint density at radius 3 is 2.74 bits per heavy atom. The number of aromatic nitrogens is 2. The Morgan fingerprint density at radius 1 is 1.42 bits per heavy atom. The first-order valence-corrected chi connectivity index (χ1v) is 8.95. The Hall–Kier alpha value is -0.400. The predicted molar refractivity (Wildman–Crippen MR) is 77.9 cm³/mol. The maximum Gasteiger partial charge on any atom is 0.244 e. The topological polar surface area (TPSA) is 74.8 Å². The number of aryl methyl sites for hydroxylation is 2. The molecule has 0 aliphatic heterocycles. The van der Waals surface area contributed by atoms with Gasteiger partial charge < -0.3 is 0 Å². The van der Waals surface area contributed by atoms with E-state index < -0.39 is 10.0 Å². The van der Waals surface area contributed by atoms with Crippen LogP contribution in [0.4, 0.5) is 0 Å². The number of hydrogen-bond acceptors (Lipinski definition) is 3. The molecule has 2 atom stereocenters. The van der Waals surface area contributed by atoms with Gasteiger partial charge in [-0.3, -0.25) is 5.10 Å². The first-order valence-electron chi connectivity index (χ1n) is 6.55. The molecule has 7 heteroatoms. The minimum atomic E-state index is -3.45. The number of nitrogens with zero attached hydrogens (tertiary/aromatic N) is 1. The quantitative estimate of drug-likeness (QED) is 0.818. The number of rotatable bonds is 4. The first kappa shape index (κ1) is 15.0. The van der Waals surface area contributed by atoms with Gasteiger partial charge in [-0.2, -0.15) is 5.10 Å². The molecule has 0 bridgehead atoms. The van der Waals surface area contributed by atoms with Gasteiger partial charge in [0.25, 0.3) is 0 Å². The zero-order valence-electron chi connectivity index (χ0n) is 11.2. The summed E-state index contributed by atoms with van der Waals surface area (Å²) in [5.41, 5.74) is 1.11. The number of H-pyrrole nitrogens is 1. The molecule has 1 fully saturated rings. The highest BCUT2D eigenvalue weighted by molar-refractivity contribution is 9.09. The molecule has 2 N–H and O–H groups in total. The van der Waals surface area contributed by atoms with Crippen molar-refractivity contribution in [3.8, 4) is 0 Å². The monoisotopic (exact) mass is 349 g/mol. The maximum absolute atomic E-state index is 12.3. The molecular weight excluding hydrogens is 330 g/mol. The van der Waals surface area contributed by atoms with Gasteiger partial charge in [0, 0.05) is 11.4 Å². The van der Waals surface area contributed by atoms with Gasteiger partial charge in [-0.25, -0.2) is 13.1 Å². The van der Waals surface area contributed by atoms with E-state index in [4.69, 9.17) is 0 Å². The van der Waals surface area contributed by atoms with Crippen molar-refractivity contribution in [2.24, 2.45) is 5.92 Å². The van der Waals surface area contributed by atoms with Crippen molar-refractivity contribution in [1.29, 1.82) is 0 Å². The summed E-state index contributed by atoms with van der Waals surface area (Å²) in [6, 6.07) is 0. The van der Waals surface area contributed by atoms with Crippen LogP contribution in [0.5, 0.6) is 0 Å². The van der Waals surface area contributed by atoms with E-state index in [9.17, 15) is 8.42 Å². The van der Waals surface area contributed by atoms with Crippen molar-refractivity contribution in [1.82, 2.24) is 14.9 Å². The standard InChI is InChI=1S/C12H20BrN3O2S/c1-8-12(9(2)16-15-8)19(17,18)14-7-10-4-3-5-11(13)6-10/h10-11,14H,3-7H2,1-2H3,(H,15,16). The highest BCUT2D eigenvalue weighted by Gasteiger charge is 2.25. The smallest absolute Gasteiger partial charge is 0.244 e. The van der Waals surface area contributed by atoms with Crippen LogP contribution >= 0.6 is 15.9 Å². The lowest BCUT2D eigenvalue weighted by molar-refractivity contribution is 0.368. The molecular formula is C12H20BrN3O2S. The van der Waals surface area contributed by atoms with E-state index in [0.717, 1.165) is 19.3 Å². The third kappa shape index (κ3) is 3.58. The first-order chi connectivity index (χ1) is 8.90. The average Bonchev–Trinajstić information content (AvgIpc) is 2.67. The van der Waals surface area contributed by atoms with Crippen LogP contribution in [-0.4, -0.2) is 30.0 Å². The van der Waals surface area contributed by atoms with Crippen LogP contribution in [-0.2, 0) is 10.0 Å². The van der Waals surface area contributed by atoms with Gasteiger partial charge in [-0.1, -0.05) is 22.4 Å². The molecule has 2 rings (SSSR count). The molecule has 0 aromatic carbocycles. The highest BCUT2D eigenvalue weighted by Crippen LogP contribution is 2.28. The summed E-state index contributed by atoms with van der Waals surface area (Å²) in [5, 5.41) is 6.65. The average molecular weight is 350 g/mol. The Kier molecular flexibility index (Phi) is 4.68. The lowest BCUT2D eigenvalue weighted by atomic mass is 9.89. The van der Waals surface area contributed by atoms with E-state index in [2.05, 4.69) is 30.8 Å². The molecule has 0 radical (unpaired) electrons. The van der Waals surface area contributed by atoms with Gasteiger partial charge in [-0.15, -0.1) is 0 Å². The molecule has 0 amide bonds. The van der Waals surface area contributed by atoms with E-state index in [1.54, 1.807) is 13.8 Å². The Labute approximate surface area is 122 Å². The zero-order valence-corrected chi connectivity index (χ0v) is 13.6. The van der Waals surface area contributed by atoms with Crippen LogP contribution in [0.2, 0.25) is 0 Å². The molecule has 1 aliphatic carbocycles. The van der Waals surface area contributed by atoms with E-state index in [1.807, 2.05) is 0 Å². The normalized spacial score (nSPS) is 24.6. The molecule has 0 spiro atoms. The highest BCUT2D eigenvalue weighted by atomic mass is 79.9. The summed E-state index contributed by atoms with van der Waals surface area (Å²) in [6.07, 6.45) is 4.47. The van der Waals surface area contributed by atoms with Crippen LogP contribution in [0, 0.1) is 19.8 Å². The van der Waals surface area contributed by atoms with E-state index in [0.29, 0.717) is 33.6 Å². The second kappa shape index (κ2) is 5.93. The van der Waals surface area contributed by atoms with Crippen LogP contribution in [0.25, 0.3) is 0 Å². The Morgan fingerprint density at radius 2 is 2.16 bits per heavy atom. The summed E-state index contributed by atoms with van der Waals surface area (Å²) in [5.74, 6) is 0.417. The van der Waals surface area contributed by atoms with Crippen molar-refractivity contribution in [2.45, 2.75) is 49.3 Å².